The number of hydrogen-bond donors (Lipinski definition) is 1. The second kappa shape index (κ2) is 17.6. The Hall–Kier alpha value is -4.29. The molecular weight excluding hydrogens is 620 g/mol. The third-order valence-electron chi connectivity index (χ3n) is 10.7. The van der Waals surface area contributed by atoms with E-state index in [4.69, 9.17) is 14.2 Å². The first-order chi connectivity index (χ1) is 24.3. The van der Waals surface area contributed by atoms with Crippen molar-refractivity contribution >= 4 is 5.91 Å². The van der Waals surface area contributed by atoms with Crippen LogP contribution in [0.15, 0.2) is 97.1 Å². The Labute approximate surface area is 300 Å². The largest absolute Gasteiger partial charge is 0.497 e. The predicted molar refractivity (Wildman–Crippen MR) is 204 cm³/mol. The summed E-state index contributed by atoms with van der Waals surface area (Å²) in [5.74, 6) is 2.54. The number of fused-ring (bicyclic) bond motifs is 1. The number of amides is 1. The van der Waals surface area contributed by atoms with Gasteiger partial charge >= 0.3 is 0 Å². The second-order valence-corrected chi connectivity index (χ2v) is 14.3. The lowest BCUT2D eigenvalue weighted by molar-refractivity contribution is -0.121. The van der Waals surface area contributed by atoms with Crippen molar-refractivity contribution in [2.24, 2.45) is 0 Å². The summed E-state index contributed by atoms with van der Waals surface area (Å²) in [6.45, 7) is 8.50. The second-order valence-electron chi connectivity index (χ2n) is 14.3. The Kier molecular flexibility index (Phi) is 13.0. The molecule has 0 saturated carbocycles. The standard InChI is InChI=1S/C44H56N2O4/c1-43(2)27-31-46(30-24-35-32-40(49-4)41(50-5)33-39(35)43)29-13-26-44(36-14-8-6-9-15-36,37-16-10-7-11-17-37)25-12-28-45-42(47)23-20-34-18-21-38(48-3)22-19-34/h6-11,14-19,21-22,32-33H,12-13,20,23-31H2,1-5H3,(H,45,47). The molecular formula is C44H56N2O4. The number of benzene rings is 4. The van der Waals surface area contributed by atoms with Crippen molar-refractivity contribution in [2.45, 2.75) is 76.0 Å². The van der Waals surface area contributed by atoms with Crippen LogP contribution in [0, 0.1) is 0 Å². The van der Waals surface area contributed by atoms with Gasteiger partial charge in [-0.1, -0.05) is 86.6 Å². The zero-order valence-corrected chi connectivity index (χ0v) is 30.8. The molecule has 0 radical (unpaired) electrons. The van der Waals surface area contributed by atoms with Gasteiger partial charge in [0.2, 0.25) is 5.91 Å². The molecule has 5 rings (SSSR count). The third kappa shape index (κ3) is 9.28. The maximum Gasteiger partial charge on any atom is 0.220 e. The van der Waals surface area contributed by atoms with E-state index in [9.17, 15) is 4.79 Å². The van der Waals surface area contributed by atoms with Gasteiger partial charge < -0.3 is 24.4 Å². The topological polar surface area (TPSA) is 60.0 Å². The molecule has 50 heavy (non-hydrogen) atoms. The number of methoxy groups -OCH3 is 3. The summed E-state index contributed by atoms with van der Waals surface area (Å²) in [7, 11) is 5.10. The highest BCUT2D eigenvalue weighted by atomic mass is 16.5. The molecule has 0 spiro atoms. The number of rotatable bonds is 16. The van der Waals surface area contributed by atoms with Crippen molar-refractivity contribution in [2.75, 3.05) is 47.5 Å². The monoisotopic (exact) mass is 676 g/mol. The van der Waals surface area contributed by atoms with Crippen LogP contribution in [0.2, 0.25) is 0 Å². The number of nitrogens with zero attached hydrogens (tertiary/aromatic N) is 1. The summed E-state index contributed by atoms with van der Waals surface area (Å²) in [4.78, 5) is 15.5. The number of nitrogens with one attached hydrogen (secondary N) is 1. The van der Waals surface area contributed by atoms with Gasteiger partial charge in [0, 0.05) is 24.9 Å². The summed E-state index contributed by atoms with van der Waals surface area (Å²) >= 11 is 0. The molecule has 1 aliphatic rings. The molecule has 4 aromatic rings. The van der Waals surface area contributed by atoms with Gasteiger partial charge in [-0.05, 0) is 116 Å². The van der Waals surface area contributed by atoms with Crippen LogP contribution in [0.5, 0.6) is 17.2 Å². The number of carbonyl (C=O) groups is 1. The van der Waals surface area contributed by atoms with Gasteiger partial charge in [0.25, 0.3) is 0 Å². The van der Waals surface area contributed by atoms with Crippen molar-refractivity contribution in [1.82, 2.24) is 10.2 Å². The van der Waals surface area contributed by atoms with Crippen LogP contribution in [0.4, 0.5) is 0 Å². The van der Waals surface area contributed by atoms with Crippen molar-refractivity contribution in [3.8, 4) is 17.2 Å². The van der Waals surface area contributed by atoms with Gasteiger partial charge in [-0.25, -0.2) is 0 Å². The molecule has 0 aliphatic carbocycles. The minimum atomic E-state index is -0.144. The highest BCUT2D eigenvalue weighted by Gasteiger charge is 2.34. The summed E-state index contributed by atoms with van der Waals surface area (Å²) in [5, 5.41) is 3.21. The fraction of sp³-hybridized carbons (Fsp3) is 0.432. The minimum absolute atomic E-state index is 0.0322. The van der Waals surface area contributed by atoms with Crippen LogP contribution in [-0.2, 0) is 28.5 Å². The summed E-state index contributed by atoms with van der Waals surface area (Å²) < 4.78 is 16.6. The van der Waals surface area contributed by atoms with E-state index < -0.39 is 0 Å². The highest BCUT2D eigenvalue weighted by Crippen LogP contribution is 2.42. The fourth-order valence-corrected chi connectivity index (χ4v) is 7.69. The molecule has 0 aromatic heterocycles. The minimum Gasteiger partial charge on any atom is -0.497 e. The van der Waals surface area contributed by atoms with Gasteiger partial charge in [-0.3, -0.25) is 4.79 Å². The lowest BCUT2D eigenvalue weighted by atomic mass is 9.68. The van der Waals surface area contributed by atoms with E-state index in [2.05, 4.69) is 96.9 Å². The summed E-state index contributed by atoms with van der Waals surface area (Å²) in [6, 6.07) is 34.3. The summed E-state index contributed by atoms with van der Waals surface area (Å²) in [5.41, 5.74) is 6.45. The molecule has 0 unspecified atom stereocenters. The Bertz CT molecular complexity index is 1600. The Morgan fingerprint density at radius 3 is 2.02 bits per heavy atom. The average molecular weight is 677 g/mol. The number of ether oxygens (including phenoxy) is 3. The smallest absolute Gasteiger partial charge is 0.220 e. The van der Waals surface area contributed by atoms with Gasteiger partial charge in [-0.15, -0.1) is 0 Å². The van der Waals surface area contributed by atoms with Crippen molar-refractivity contribution < 1.29 is 19.0 Å². The molecule has 0 bridgehead atoms. The van der Waals surface area contributed by atoms with E-state index in [0.29, 0.717) is 13.0 Å². The lowest BCUT2D eigenvalue weighted by Gasteiger charge is -2.38. The highest BCUT2D eigenvalue weighted by molar-refractivity contribution is 5.76. The van der Waals surface area contributed by atoms with E-state index >= 15 is 0 Å². The Morgan fingerprint density at radius 1 is 0.780 bits per heavy atom. The zero-order chi connectivity index (χ0) is 35.4. The zero-order valence-electron chi connectivity index (χ0n) is 30.8. The number of carbonyl (C=O) groups excluding carboxylic acids is 1. The number of hydrogen-bond acceptors (Lipinski definition) is 5. The predicted octanol–water partition coefficient (Wildman–Crippen LogP) is 8.53. The molecule has 266 valence electrons. The summed E-state index contributed by atoms with van der Waals surface area (Å²) in [6.07, 6.45) is 7.24. The lowest BCUT2D eigenvalue weighted by Crippen LogP contribution is -2.37. The van der Waals surface area contributed by atoms with E-state index in [1.54, 1.807) is 21.3 Å². The van der Waals surface area contributed by atoms with E-state index in [1.807, 2.05) is 24.3 Å². The van der Waals surface area contributed by atoms with Crippen molar-refractivity contribution in [1.29, 1.82) is 0 Å². The first kappa shape index (κ1) is 37.0. The number of aryl methyl sites for hydroxylation is 1. The van der Waals surface area contributed by atoms with Crippen molar-refractivity contribution in [3.05, 3.63) is 125 Å². The van der Waals surface area contributed by atoms with Gasteiger partial charge in [-0.2, -0.15) is 0 Å². The van der Waals surface area contributed by atoms with Crippen LogP contribution in [-0.4, -0.2) is 58.3 Å². The Morgan fingerprint density at radius 2 is 1.40 bits per heavy atom. The maximum absolute atomic E-state index is 12.8. The molecule has 0 fully saturated rings. The first-order valence-corrected chi connectivity index (χ1v) is 18.3. The third-order valence-corrected chi connectivity index (χ3v) is 10.7. The molecule has 6 heteroatoms. The van der Waals surface area contributed by atoms with Crippen LogP contribution >= 0.6 is 0 Å². The van der Waals surface area contributed by atoms with Crippen LogP contribution in [0.3, 0.4) is 0 Å². The van der Waals surface area contributed by atoms with Gasteiger partial charge in [0.1, 0.15) is 5.75 Å². The van der Waals surface area contributed by atoms with E-state index in [-0.39, 0.29) is 16.7 Å². The van der Waals surface area contributed by atoms with E-state index in [1.165, 1.54) is 22.3 Å². The molecule has 1 amide bonds. The van der Waals surface area contributed by atoms with Crippen molar-refractivity contribution in [3.63, 3.8) is 0 Å². The SMILES string of the molecule is COc1ccc(CCC(=O)NCCCC(CCCN2CCc3cc(OC)c(OC)cc3C(C)(C)CC2)(c2ccccc2)c2ccccc2)cc1. The van der Waals surface area contributed by atoms with Crippen LogP contribution in [0.1, 0.15) is 80.2 Å². The molecule has 1 aliphatic heterocycles. The van der Waals surface area contributed by atoms with Gasteiger partial charge in [0.15, 0.2) is 11.5 Å². The Balaban J connectivity index is 1.26. The van der Waals surface area contributed by atoms with Gasteiger partial charge in [0.05, 0.1) is 21.3 Å². The fourth-order valence-electron chi connectivity index (χ4n) is 7.69. The quantitative estimate of drug-likeness (QED) is 0.121. The molecule has 1 N–H and O–H groups in total. The molecule has 4 aromatic carbocycles. The van der Waals surface area contributed by atoms with Crippen LogP contribution < -0.4 is 19.5 Å². The molecule has 0 atom stereocenters. The normalized spacial score (nSPS) is 14.6. The maximum atomic E-state index is 12.8. The van der Waals surface area contributed by atoms with E-state index in [0.717, 1.165) is 87.4 Å². The van der Waals surface area contributed by atoms with Crippen LogP contribution in [0.25, 0.3) is 0 Å². The molecule has 0 saturated heterocycles. The molecule has 6 nitrogen and oxygen atoms in total. The average Bonchev–Trinajstić information content (AvgIpc) is 3.15. The molecule has 1 heterocycles. The first-order valence-electron chi connectivity index (χ1n) is 18.3.